The van der Waals surface area contributed by atoms with E-state index in [2.05, 4.69) is 63.5 Å². The van der Waals surface area contributed by atoms with Gasteiger partial charge in [-0.15, -0.1) is 6.58 Å². The van der Waals surface area contributed by atoms with Gasteiger partial charge in [0, 0.05) is 31.4 Å². The average molecular weight is 289 g/mol. The highest BCUT2D eigenvalue weighted by Crippen LogP contribution is 2.21. The molecular weight excluding hydrogens is 258 g/mol. The summed E-state index contributed by atoms with van der Waals surface area (Å²) in [5, 5.41) is 3.49. The van der Waals surface area contributed by atoms with Gasteiger partial charge in [-0.25, -0.2) is 4.98 Å². The molecule has 0 bridgehead atoms. The maximum Gasteiger partial charge on any atom is 0.129 e. The number of anilines is 1. The normalized spacial score (nSPS) is 11.2. The maximum absolute atomic E-state index is 4.85. The molecule has 0 spiro atoms. The van der Waals surface area contributed by atoms with Crippen LogP contribution < -0.4 is 10.2 Å². The van der Waals surface area contributed by atoms with Crippen molar-refractivity contribution in [1.29, 1.82) is 0 Å². The molecule has 0 unspecified atom stereocenters. The summed E-state index contributed by atoms with van der Waals surface area (Å²) in [6.07, 6.45) is 3.06. The lowest BCUT2D eigenvalue weighted by Gasteiger charge is -2.24. The molecule has 0 saturated carbocycles. The Kier molecular flexibility index (Phi) is 7.44. The third kappa shape index (κ3) is 5.88. The van der Waals surface area contributed by atoms with Crippen LogP contribution >= 0.6 is 0 Å². The van der Waals surface area contributed by atoms with Gasteiger partial charge in [-0.1, -0.05) is 40.7 Å². The summed E-state index contributed by atoms with van der Waals surface area (Å²) in [5.41, 5.74) is 2.47. The Balaban J connectivity index is 3.07. The van der Waals surface area contributed by atoms with Crippen LogP contribution in [0.2, 0.25) is 0 Å². The quantitative estimate of drug-likeness (QED) is 0.694. The summed E-state index contributed by atoms with van der Waals surface area (Å²) in [6, 6.07) is 4.92. The zero-order valence-electron chi connectivity index (χ0n) is 14.3. The summed E-state index contributed by atoms with van der Waals surface area (Å²) in [7, 11) is 0. The molecule has 0 fully saturated rings. The number of hydrogen-bond donors (Lipinski definition) is 1. The van der Waals surface area contributed by atoms with Gasteiger partial charge in [0.2, 0.25) is 0 Å². The summed E-state index contributed by atoms with van der Waals surface area (Å²) in [5.74, 6) is 1.51. The minimum atomic E-state index is 0.440. The zero-order valence-corrected chi connectivity index (χ0v) is 14.3. The van der Waals surface area contributed by atoms with Crippen LogP contribution in [0.3, 0.4) is 0 Å². The van der Waals surface area contributed by atoms with Gasteiger partial charge in [0.1, 0.15) is 5.82 Å². The number of nitrogens with zero attached hydrogens (tertiary/aromatic N) is 2. The Hall–Kier alpha value is -1.35. The van der Waals surface area contributed by atoms with Crippen LogP contribution in [0.25, 0.3) is 0 Å². The third-order valence-electron chi connectivity index (χ3n) is 3.36. The van der Waals surface area contributed by atoms with Crippen LogP contribution in [0, 0.1) is 0 Å². The van der Waals surface area contributed by atoms with E-state index in [0.717, 1.165) is 31.9 Å². The molecule has 0 radical (unpaired) electrons. The monoisotopic (exact) mass is 289 g/mol. The predicted molar refractivity (Wildman–Crippen MR) is 93.0 cm³/mol. The topological polar surface area (TPSA) is 28.2 Å². The van der Waals surface area contributed by atoms with E-state index >= 15 is 0 Å². The van der Waals surface area contributed by atoms with Crippen LogP contribution in [0.15, 0.2) is 24.8 Å². The van der Waals surface area contributed by atoms with Gasteiger partial charge in [0.15, 0.2) is 0 Å². The number of nitrogens with one attached hydrogen (secondary N) is 1. The molecule has 0 saturated heterocycles. The molecular formula is C18H31N3. The molecule has 3 nitrogen and oxygen atoms in total. The Morgan fingerprint density at radius 2 is 2.00 bits per heavy atom. The van der Waals surface area contributed by atoms with Crippen molar-refractivity contribution in [3.8, 4) is 0 Å². The minimum Gasteiger partial charge on any atom is -0.353 e. The van der Waals surface area contributed by atoms with Crippen molar-refractivity contribution in [3.05, 3.63) is 36.0 Å². The largest absolute Gasteiger partial charge is 0.353 e. The number of rotatable bonds is 9. The van der Waals surface area contributed by atoms with Gasteiger partial charge in [-0.2, -0.15) is 0 Å². The number of hydrogen-bond acceptors (Lipinski definition) is 3. The first-order valence-corrected chi connectivity index (χ1v) is 8.08. The summed E-state index contributed by atoms with van der Waals surface area (Å²) in [6.45, 7) is 17.6. The Morgan fingerprint density at radius 1 is 1.29 bits per heavy atom. The van der Waals surface area contributed by atoms with Crippen molar-refractivity contribution in [2.24, 2.45) is 0 Å². The van der Waals surface area contributed by atoms with E-state index in [9.17, 15) is 0 Å². The first-order chi connectivity index (χ1) is 9.97. The molecule has 118 valence electrons. The SMILES string of the molecule is C=CCN(CCC)c1cc(CNC(C)C)cc(C(C)C)n1. The first-order valence-electron chi connectivity index (χ1n) is 8.08. The molecule has 0 atom stereocenters. The standard InChI is InChI=1S/C18H31N3/c1-7-9-21(10-8-2)18-12-16(13-19-15(5)6)11-17(20-18)14(3)4/h7,11-12,14-15,19H,1,8-10,13H2,2-6H3. The van der Waals surface area contributed by atoms with Crippen molar-refractivity contribution >= 4 is 5.82 Å². The molecule has 1 aromatic rings. The van der Waals surface area contributed by atoms with Gasteiger partial charge in [0.25, 0.3) is 0 Å². The third-order valence-corrected chi connectivity index (χ3v) is 3.36. The van der Waals surface area contributed by atoms with Crippen molar-refractivity contribution in [1.82, 2.24) is 10.3 Å². The van der Waals surface area contributed by atoms with E-state index < -0.39 is 0 Å². The summed E-state index contributed by atoms with van der Waals surface area (Å²) < 4.78 is 0. The Labute approximate surface area is 130 Å². The fourth-order valence-electron chi connectivity index (χ4n) is 2.20. The second-order valence-electron chi connectivity index (χ2n) is 6.18. The molecule has 3 heteroatoms. The maximum atomic E-state index is 4.85. The Morgan fingerprint density at radius 3 is 2.52 bits per heavy atom. The van der Waals surface area contributed by atoms with E-state index in [1.807, 2.05) is 6.08 Å². The van der Waals surface area contributed by atoms with Crippen LogP contribution in [0.4, 0.5) is 5.82 Å². The lowest BCUT2D eigenvalue weighted by atomic mass is 10.1. The fourth-order valence-corrected chi connectivity index (χ4v) is 2.20. The van der Waals surface area contributed by atoms with Gasteiger partial charge >= 0.3 is 0 Å². The van der Waals surface area contributed by atoms with Crippen LogP contribution in [-0.2, 0) is 6.54 Å². The van der Waals surface area contributed by atoms with Crippen LogP contribution in [0.5, 0.6) is 0 Å². The fraction of sp³-hybridized carbons (Fsp3) is 0.611. The molecule has 0 aliphatic heterocycles. The second-order valence-corrected chi connectivity index (χ2v) is 6.18. The van der Waals surface area contributed by atoms with Crippen molar-refractivity contribution in [2.75, 3.05) is 18.0 Å². The molecule has 0 aromatic carbocycles. The van der Waals surface area contributed by atoms with E-state index in [1.54, 1.807) is 0 Å². The van der Waals surface area contributed by atoms with E-state index in [1.165, 1.54) is 11.3 Å². The van der Waals surface area contributed by atoms with Crippen LogP contribution in [0.1, 0.15) is 58.2 Å². The summed E-state index contributed by atoms with van der Waals surface area (Å²) >= 11 is 0. The van der Waals surface area contributed by atoms with E-state index in [-0.39, 0.29) is 0 Å². The highest BCUT2D eigenvalue weighted by atomic mass is 15.2. The lowest BCUT2D eigenvalue weighted by molar-refractivity contribution is 0.587. The molecule has 0 amide bonds. The highest BCUT2D eigenvalue weighted by molar-refractivity contribution is 5.44. The molecule has 1 N–H and O–H groups in total. The van der Waals surface area contributed by atoms with E-state index in [0.29, 0.717) is 12.0 Å². The van der Waals surface area contributed by atoms with E-state index in [4.69, 9.17) is 4.98 Å². The van der Waals surface area contributed by atoms with Crippen LogP contribution in [-0.4, -0.2) is 24.1 Å². The van der Waals surface area contributed by atoms with Gasteiger partial charge in [0.05, 0.1) is 0 Å². The molecule has 1 rings (SSSR count). The van der Waals surface area contributed by atoms with Gasteiger partial charge < -0.3 is 10.2 Å². The van der Waals surface area contributed by atoms with Gasteiger partial charge in [-0.05, 0) is 30.0 Å². The molecule has 0 aliphatic carbocycles. The smallest absolute Gasteiger partial charge is 0.129 e. The lowest BCUT2D eigenvalue weighted by Crippen LogP contribution is -2.26. The molecule has 1 aromatic heterocycles. The Bertz CT molecular complexity index is 438. The zero-order chi connectivity index (χ0) is 15.8. The van der Waals surface area contributed by atoms with Crippen molar-refractivity contribution in [2.45, 2.75) is 59.5 Å². The minimum absolute atomic E-state index is 0.440. The molecule has 1 heterocycles. The first kappa shape index (κ1) is 17.7. The number of aromatic nitrogens is 1. The van der Waals surface area contributed by atoms with Gasteiger partial charge in [-0.3, -0.25) is 0 Å². The second kappa shape index (κ2) is 8.83. The van der Waals surface area contributed by atoms with Crippen molar-refractivity contribution < 1.29 is 0 Å². The molecule has 21 heavy (non-hydrogen) atoms. The average Bonchev–Trinajstić information content (AvgIpc) is 2.44. The number of pyridine rings is 1. The van der Waals surface area contributed by atoms with Crippen molar-refractivity contribution in [3.63, 3.8) is 0 Å². The predicted octanol–water partition coefficient (Wildman–Crippen LogP) is 4.11. The summed E-state index contributed by atoms with van der Waals surface area (Å²) in [4.78, 5) is 7.15. The highest BCUT2D eigenvalue weighted by Gasteiger charge is 2.11. The molecule has 0 aliphatic rings.